The number of imidazole rings is 1. The van der Waals surface area contributed by atoms with E-state index in [2.05, 4.69) is 15.0 Å². The van der Waals surface area contributed by atoms with Crippen LogP contribution in [0.3, 0.4) is 0 Å². The molecule has 0 aliphatic carbocycles. The van der Waals surface area contributed by atoms with E-state index < -0.39 is 12.0 Å². The monoisotopic (exact) mass is 280 g/mol. The third kappa shape index (κ3) is 1.84. The number of aromatic nitrogens is 4. The zero-order valence-corrected chi connectivity index (χ0v) is 10.5. The number of halogens is 3. The lowest BCUT2D eigenvalue weighted by molar-refractivity contribution is 0.480. The first-order valence-electron chi connectivity index (χ1n) is 5.41. The molecule has 1 aromatic carbocycles. The standard InChI is InChI=1S/C12H7ClF2N4/c1-6-16-7-4-2-3-5-8(7)19(6)11-9(13)10(14)17-12(15)18-11/h2-5H,1H3. The summed E-state index contributed by atoms with van der Waals surface area (Å²) in [5.41, 5.74) is 1.36. The lowest BCUT2D eigenvalue weighted by Gasteiger charge is -2.07. The number of fused-ring (bicyclic) bond motifs is 1. The molecule has 4 nitrogen and oxygen atoms in total. The fourth-order valence-electron chi connectivity index (χ4n) is 1.95. The molecule has 0 radical (unpaired) electrons. The highest BCUT2D eigenvalue weighted by molar-refractivity contribution is 6.32. The SMILES string of the molecule is Cc1nc2ccccc2n1-c1nc(F)nc(F)c1Cl. The van der Waals surface area contributed by atoms with Crippen LogP contribution in [-0.4, -0.2) is 19.5 Å². The van der Waals surface area contributed by atoms with Gasteiger partial charge in [0.2, 0.25) is 5.95 Å². The first-order chi connectivity index (χ1) is 9.08. The van der Waals surface area contributed by atoms with Crippen LogP contribution in [0.2, 0.25) is 5.02 Å². The average Bonchev–Trinajstić information content (AvgIpc) is 2.70. The summed E-state index contributed by atoms with van der Waals surface area (Å²) in [5, 5.41) is -0.340. The second-order valence-electron chi connectivity index (χ2n) is 3.90. The van der Waals surface area contributed by atoms with Gasteiger partial charge in [-0.05, 0) is 19.1 Å². The minimum absolute atomic E-state index is 0.0575. The van der Waals surface area contributed by atoms with Crippen LogP contribution >= 0.6 is 11.6 Å². The largest absolute Gasteiger partial charge is 0.313 e. The molecule has 3 rings (SSSR count). The van der Waals surface area contributed by atoms with E-state index in [1.54, 1.807) is 25.1 Å². The van der Waals surface area contributed by atoms with Crippen molar-refractivity contribution >= 4 is 22.6 Å². The van der Waals surface area contributed by atoms with Gasteiger partial charge in [-0.1, -0.05) is 23.7 Å². The normalized spacial score (nSPS) is 11.2. The van der Waals surface area contributed by atoms with Gasteiger partial charge >= 0.3 is 6.08 Å². The first-order valence-corrected chi connectivity index (χ1v) is 5.78. The maximum atomic E-state index is 13.4. The molecule has 0 saturated heterocycles. The second kappa shape index (κ2) is 4.24. The molecule has 0 saturated carbocycles. The molecule has 0 aliphatic heterocycles. The Morgan fingerprint density at radius 1 is 1.11 bits per heavy atom. The molecular formula is C12H7ClF2N4. The van der Waals surface area contributed by atoms with Crippen molar-refractivity contribution in [3.63, 3.8) is 0 Å². The Morgan fingerprint density at radius 2 is 1.84 bits per heavy atom. The predicted molar refractivity (Wildman–Crippen MR) is 66.3 cm³/mol. The highest BCUT2D eigenvalue weighted by Gasteiger charge is 2.18. The third-order valence-corrected chi connectivity index (χ3v) is 3.03. The fourth-order valence-corrected chi connectivity index (χ4v) is 2.11. The van der Waals surface area contributed by atoms with Gasteiger partial charge < -0.3 is 0 Å². The molecule has 0 amide bonds. The molecule has 2 aromatic heterocycles. The van der Waals surface area contributed by atoms with E-state index in [-0.39, 0.29) is 10.8 Å². The molecule has 19 heavy (non-hydrogen) atoms. The van der Waals surface area contributed by atoms with E-state index >= 15 is 0 Å². The lowest BCUT2D eigenvalue weighted by Crippen LogP contribution is -2.06. The minimum Gasteiger partial charge on any atom is -0.279 e. The molecule has 7 heteroatoms. The summed E-state index contributed by atoms with van der Waals surface area (Å²) >= 11 is 5.81. The Labute approximate surface area is 111 Å². The first kappa shape index (κ1) is 12.0. The van der Waals surface area contributed by atoms with Crippen LogP contribution in [-0.2, 0) is 0 Å². The van der Waals surface area contributed by atoms with Crippen LogP contribution < -0.4 is 0 Å². The van der Waals surface area contributed by atoms with Gasteiger partial charge in [-0.25, -0.2) is 4.98 Å². The molecule has 0 unspecified atom stereocenters. The lowest BCUT2D eigenvalue weighted by atomic mass is 10.3. The second-order valence-corrected chi connectivity index (χ2v) is 4.28. The smallest absolute Gasteiger partial charge is 0.279 e. The van der Waals surface area contributed by atoms with E-state index in [0.29, 0.717) is 16.9 Å². The van der Waals surface area contributed by atoms with Crippen LogP contribution in [0.1, 0.15) is 5.82 Å². The molecule has 0 spiro atoms. The number of rotatable bonds is 1. The van der Waals surface area contributed by atoms with E-state index in [0.717, 1.165) is 0 Å². The van der Waals surface area contributed by atoms with Gasteiger partial charge in [0.05, 0.1) is 11.0 Å². The van der Waals surface area contributed by atoms with Crippen LogP contribution in [0.5, 0.6) is 0 Å². The van der Waals surface area contributed by atoms with Crippen molar-refractivity contribution < 1.29 is 8.78 Å². The van der Waals surface area contributed by atoms with Crippen molar-refractivity contribution in [3.8, 4) is 5.82 Å². The number of hydrogen-bond donors (Lipinski definition) is 0. The summed E-state index contributed by atoms with van der Waals surface area (Å²) in [4.78, 5) is 10.8. The summed E-state index contributed by atoms with van der Waals surface area (Å²) in [6.07, 6.45) is -1.17. The van der Waals surface area contributed by atoms with Crippen LogP contribution in [0.15, 0.2) is 24.3 Å². The molecule has 0 aliphatic rings. The van der Waals surface area contributed by atoms with Gasteiger partial charge in [-0.2, -0.15) is 18.7 Å². The van der Waals surface area contributed by atoms with Gasteiger partial charge in [-0.15, -0.1) is 0 Å². The summed E-state index contributed by atoms with van der Waals surface area (Å²) in [6, 6.07) is 7.17. The van der Waals surface area contributed by atoms with E-state index in [4.69, 9.17) is 11.6 Å². The zero-order chi connectivity index (χ0) is 13.6. The Balaban J connectivity index is 2.39. The van der Waals surface area contributed by atoms with Gasteiger partial charge in [0.25, 0.3) is 0 Å². The molecule has 96 valence electrons. The van der Waals surface area contributed by atoms with Crippen molar-refractivity contribution in [2.45, 2.75) is 6.92 Å². The van der Waals surface area contributed by atoms with E-state index in [9.17, 15) is 8.78 Å². The Hall–Kier alpha value is -2.08. The van der Waals surface area contributed by atoms with Crippen molar-refractivity contribution in [1.82, 2.24) is 19.5 Å². The summed E-state index contributed by atoms with van der Waals surface area (Å²) in [7, 11) is 0. The quantitative estimate of drug-likeness (QED) is 0.508. The van der Waals surface area contributed by atoms with Gasteiger partial charge in [0.15, 0.2) is 5.82 Å². The molecule has 0 bridgehead atoms. The van der Waals surface area contributed by atoms with Gasteiger partial charge in [0.1, 0.15) is 10.8 Å². The fraction of sp³-hybridized carbons (Fsp3) is 0.0833. The van der Waals surface area contributed by atoms with E-state index in [1.807, 2.05) is 6.07 Å². The van der Waals surface area contributed by atoms with Crippen molar-refractivity contribution in [2.75, 3.05) is 0 Å². The minimum atomic E-state index is -1.17. The number of aryl methyl sites for hydroxylation is 1. The molecule has 0 atom stereocenters. The summed E-state index contributed by atoms with van der Waals surface area (Å²) in [6.45, 7) is 1.70. The Bertz CT molecular complexity index is 785. The number of hydrogen-bond acceptors (Lipinski definition) is 3. The highest BCUT2D eigenvalue weighted by atomic mass is 35.5. The molecule has 3 aromatic rings. The number of benzene rings is 1. The Morgan fingerprint density at radius 3 is 2.63 bits per heavy atom. The van der Waals surface area contributed by atoms with Crippen molar-refractivity contribution in [2.24, 2.45) is 0 Å². The van der Waals surface area contributed by atoms with Gasteiger partial charge in [-0.3, -0.25) is 4.57 Å². The molecular weight excluding hydrogens is 274 g/mol. The van der Waals surface area contributed by atoms with Crippen LogP contribution in [0, 0.1) is 18.9 Å². The Kier molecular flexibility index (Phi) is 2.67. The van der Waals surface area contributed by atoms with Crippen molar-refractivity contribution in [3.05, 3.63) is 47.1 Å². The van der Waals surface area contributed by atoms with Gasteiger partial charge in [0, 0.05) is 0 Å². The summed E-state index contributed by atoms with van der Waals surface area (Å²) < 4.78 is 28.1. The molecule has 0 N–H and O–H groups in total. The van der Waals surface area contributed by atoms with Crippen molar-refractivity contribution in [1.29, 1.82) is 0 Å². The maximum Gasteiger partial charge on any atom is 0.313 e. The van der Waals surface area contributed by atoms with E-state index in [1.165, 1.54) is 4.57 Å². The van der Waals surface area contributed by atoms with Crippen LogP contribution in [0.4, 0.5) is 8.78 Å². The third-order valence-electron chi connectivity index (χ3n) is 2.71. The average molecular weight is 281 g/mol. The summed E-state index contributed by atoms with van der Waals surface area (Å²) in [5.74, 6) is -0.625. The molecule has 2 heterocycles. The van der Waals surface area contributed by atoms with Crippen LogP contribution in [0.25, 0.3) is 16.9 Å². The predicted octanol–water partition coefficient (Wildman–Crippen LogP) is 3.06. The zero-order valence-electron chi connectivity index (χ0n) is 9.73. The number of nitrogens with zero attached hydrogens (tertiary/aromatic N) is 4. The maximum absolute atomic E-state index is 13.4. The number of para-hydroxylation sites is 2. The molecule has 0 fully saturated rings. The topological polar surface area (TPSA) is 43.6 Å². The highest BCUT2D eigenvalue weighted by Crippen LogP contribution is 2.26.